The fourth-order valence-corrected chi connectivity index (χ4v) is 2.68. The second-order valence-electron chi connectivity index (χ2n) is 4.11. The fourth-order valence-electron chi connectivity index (χ4n) is 2.68. The van der Waals surface area contributed by atoms with Gasteiger partial charge in [-0.2, -0.15) is 0 Å². The molecule has 1 aliphatic heterocycles. The number of esters is 1. The van der Waals surface area contributed by atoms with E-state index in [2.05, 4.69) is 5.32 Å². The molecule has 80 valence electrons. The van der Waals surface area contributed by atoms with Crippen LogP contribution >= 0.6 is 0 Å². The molecule has 0 aromatic rings. The van der Waals surface area contributed by atoms with Gasteiger partial charge in [-0.05, 0) is 25.7 Å². The van der Waals surface area contributed by atoms with Gasteiger partial charge in [-0.25, -0.2) is 0 Å². The highest BCUT2D eigenvalue weighted by molar-refractivity contribution is 5.76. The molecule has 1 saturated carbocycles. The van der Waals surface area contributed by atoms with Crippen molar-refractivity contribution in [1.29, 1.82) is 0 Å². The van der Waals surface area contributed by atoms with Crippen molar-refractivity contribution < 1.29 is 14.6 Å². The van der Waals surface area contributed by atoms with Gasteiger partial charge in [0.05, 0.1) is 12.7 Å². The van der Waals surface area contributed by atoms with Crippen LogP contribution in [0, 0.1) is 11.8 Å². The van der Waals surface area contributed by atoms with Crippen molar-refractivity contribution >= 4 is 5.97 Å². The second-order valence-corrected chi connectivity index (χ2v) is 4.11. The van der Waals surface area contributed by atoms with E-state index in [-0.39, 0.29) is 30.0 Å². The lowest BCUT2D eigenvalue weighted by Crippen LogP contribution is -2.37. The number of fused-ring (bicyclic) bond motifs is 1. The molecule has 0 aromatic carbocycles. The average molecular weight is 199 g/mol. The van der Waals surface area contributed by atoms with Crippen LogP contribution in [0.15, 0.2) is 0 Å². The second kappa shape index (κ2) is 3.87. The van der Waals surface area contributed by atoms with E-state index in [1.807, 2.05) is 6.92 Å². The number of rotatable bonds is 2. The lowest BCUT2D eigenvalue weighted by atomic mass is 9.93. The average Bonchev–Trinajstić information content (AvgIpc) is 2.69. The number of nitrogens with one attached hydrogen (secondary N) is 1. The fraction of sp³-hybridized carbons (Fsp3) is 0.900. The maximum atomic E-state index is 11.5. The molecule has 14 heavy (non-hydrogen) atoms. The molecule has 1 aliphatic carbocycles. The molecule has 4 nitrogen and oxygen atoms in total. The Morgan fingerprint density at radius 3 is 3.00 bits per heavy atom. The highest BCUT2D eigenvalue weighted by Crippen LogP contribution is 2.38. The minimum atomic E-state index is -0.230. The van der Waals surface area contributed by atoms with Crippen LogP contribution in [0.5, 0.6) is 0 Å². The van der Waals surface area contributed by atoms with E-state index in [4.69, 9.17) is 4.74 Å². The predicted molar refractivity (Wildman–Crippen MR) is 50.6 cm³/mol. The molecule has 0 unspecified atom stereocenters. The zero-order valence-electron chi connectivity index (χ0n) is 8.40. The highest BCUT2D eigenvalue weighted by Gasteiger charge is 2.47. The number of ether oxygens (including phenoxy) is 1. The Balaban J connectivity index is 1.99. The Labute approximate surface area is 83.6 Å². The van der Waals surface area contributed by atoms with Gasteiger partial charge in [0.2, 0.25) is 0 Å². The quantitative estimate of drug-likeness (QED) is 0.610. The maximum absolute atomic E-state index is 11.5. The monoisotopic (exact) mass is 199 g/mol. The number of carbonyl (C=O) groups excluding carboxylic acids is 1. The number of hydrogen-bond donors (Lipinski definition) is 2. The van der Waals surface area contributed by atoms with E-state index in [0.717, 1.165) is 19.4 Å². The summed E-state index contributed by atoms with van der Waals surface area (Å²) in [6, 6.07) is -0.183. The largest absolute Gasteiger partial charge is 0.465 e. The van der Waals surface area contributed by atoms with Gasteiger partial charge in [0.25, 0.3) is 0 Å². The van der Waals surface area contributed by atoms with Crippen molar-refractivity contribution in [2.45, 2.75) is 31.9 Å². The standard InChI is InChI=1S/C10H17NO3/c1-2-14-10(13)9-6-3-4-8(12)7(6)5-11-9/h6-9,11-12H,2-5H2,1H3/t6-,7-,8-,9-/m1/s1. The van der Waals surface area contributed by atoms with Crippen LogP contribution in [0.3, 0.4) is 0 Å². The molecule has 1 heterocycles. The third-order valence-electron chi connectivity index (χ3n) is 3.38. The van der Waals surface area contributed by atoms with Crippen molar-refractivity contribution in [3.8, 4) is 0 Å². The summed E-state index contributed by atoms with van der Waals surface area (Å²) in [6.45, 7) is 2.99. The molecule has 2 rings (SSSR count). The van der Waals surface area contributed by atoms with Crippen molar-refractivity contribution in [1.82, 2.24) is 5.32 Å². The van der Waals surface area contributed by atoms with Gasteiger partial charge in [0.15, 0.2) is 0 Å². The molecule has 2 fully saturated rings. The first-order valence-corrected chi connectivity index (χ1v) is 5.32. The first-order chi connectivity index (χ1) is 6.74. The Kier molecular flexibility index (Phi) is 2.74. The Bertz CT molecular complexity index is 231. The lowest BCUT2D eigenvalue weighted by molar-refractivity contribution is -0.146. The van der Waals surface area contributed by atoms with Crippen LogP contribution in [-0.4, -0.2) is 36.4 Å². The van der Waals surface area contributed by atoms with Crippen LogP contribution in [0.1, 0.15) is 19.8 Å². The van der Waals surface area contributed by atoms with Crippen molar-refractivity contribution in [2.75, 3.05) is 13.2 Å². The van der Waals surface area contributed by atoms with Crippen LogP contribution in [0.2, 0.25) is 0 Å². The summed E-state index contributed by atoms with van der Waals surface area (Å²) in [6.07, 6.45) is 1.53. The van der Waals surface area contributed by atoms with Gasteiger partial charge < -0.3 is 15.2 Å². The first-order valence-electron chi connectivity index (χ1n) is 5.32. The maximum Gasteiger partial charge on any atom is 0.323 e. The van der Waals surface area contributed by atoms with Crippen LogP contribution in [0.4, 0.5) is 0 Å². The normalized spacial score (nSPS) is 41.0. The zero-order valence-corrected chi connectivity index (χ0v) is 8.40. The van der Waals surface area contributed by atoms with E-state index in [9.17, 15) is 9.90 Å². The predicted octanol–water partition coefficient (Wildman–Crippen LogP) is -0.0916. The molecule has 0 aromatic heterocycles. The molecule has 1 saturated heterocycles. The Morgan fingerprint density at radius 1 is 1.50 bits per heavy atom. The number of aliphatic hydroxyl groups excluding tert-OH is 1. The van der Waals surface area contributed by atoms with Crippen molar-refractivity contribution in [3.63, 3.8) is 0 Å². The molecule has 0 spiro atoms. The number of hydrogen-bond acceptors (Lipinski definition) is 4. The van der Waals surface area contributed by atoms with Gasteiger partial charge in [-0.15, -0.1) is 0 Å². The molecular formula is C10H17NO3. The summed E-state index contributed by atoms with van der Waals surface area (Å²) in [4.78, 5) is 11.5. The first kappa shape index (κ1) is 9.93. The molecule has 0 amide bonds. The van der Waals surface area contributed by atoms with Gasteiger partial charge in [-0.1, -0.05) is 0 Å². The smallest absolute Gasteiger partial charge is 0.323 e. The van der Waals surface area contributed by atoms with Gasteiger partial charge >= 0.3 is 5.97 Å². The summed E-state index contributed by atoms with van der Waals surface area (Å²) in [5, 5.41) is 12.8. The SMILES string of the molecule is CCOC(=O)[C@@H]1NC[C@@H]2[C@H]1CC[C@H]2O. The van der Waals surface area contributed by atoms with Crippen molar-refractivity contribution in [3.05, 3.63) is 0 Å². The Morgan fingerprint density at radius 2 is 2.29 bits per heavy atom. The van der Waals surface area contributed by atoms with Gasteiger partial charge in [-0.3, -0.25) is 4.79 Å². The van der Waals surface area contributed by atoms with Crippen LogP contribution in [0.25, 0.3) is 0 Å². The topological polar surface area (TPSA) is 58.6 Å². The van der Waals surface area contributed by atoms with E-state index in [1.165, 1.54) is 0 Å². The molecule has 2 N–H and O–H groups in total. The molecule has 4 atom stereocenters. The lowest BCUT2D eigenvalue weighted by Gasteiger charge is -2.16. The summed E-state index contributed by atoms with van der Waals surface area (Å²) in [5.41, 5.74) is 0. The van der Waals surface area contributed by atoms with Crippen LogP contribution in [-0.2, 0) is 9.53 Å². The highest BCUT2D eigenvalue weighted by atomic mass is 16.5. The molecular weight excluding hydrogens is 182 g/mol. The molecule has 2 aliphatic rings. The van der Waals surface area contributed by atoms with E-state index < -0.39 is 0 Å². The summed E-state index contributed by atoms with van der Waals surface area (Å²) in [5.74, 6) is 0.377. The zero-order chi connectivity index (χ0) is 10.1. The Hall–Kier alpha value is -0.610. The molecule has 0 radical (unpaired) electrons. The van der Waals surface area contributed by atoms with E-state index in [0.29, 0.717) is 6.61 Å². The number of aliphatic hydroxyl groups is 1. The third-order valence-corrected chi connectivity index (χ3v) is 3.38. The number of carbonyl (C=O) groups is 1. The van der Waals surface area contributed by atoms with E-state index in [1.54, 1.807) is 0 Å². The molecule has 4 heteroatoms. The minimum absolute atomic E-state index is 0.158. The van der Waals surface area contributed by atoms with Gasteiger partial charge in [0.1, 0.15) is 6.04 Å². The summed E-state index contributed by atoms with van der Waals surface area (Å²) in [7, 11) is 0. The van der Waals surface area contributed by atoms with Gasteiger partial charge in [0, 0.05) is 12.5 Å². The van der Waals surface area contributed by atoms with E-state index >= 15 is 0 Å². The minimum Gasteiger partial charge on any atom is -0.465 e. The molecule has 0 bridgehead atoms. The third kappa shape index (κ3) is 1.53. The summed E-state index contributed by atoms with van der Waals surface area (Å²) >= 11 is 0. The van der Waals surface area contributed by atoms with Crippen molar-refractivity contribution in [2.24, 2.45) is 11.8 Å². The summed E-state index contributed by atoms with van der Waals surface area (Å²) < 4.78 is 4.99. The van der Waals surface area contributed by atoms with Crippen LogP contribution < -0.4 is 5.32 Å².